The number of ether oxygens (including phenoxy) is 2. The number of hydrogen-bond acceptors (Lipinski definition) is 9. The third kappa shape index (κ3) is 4.50. The lowest BCUT2D eigenvalue weighted by Crippen LogP contribution is -2.22. The van der Waals surface area contributed by atoms with Crippen molar-refractivity contribution in [3.8, 4) is 23.0 Å². The summed E-state index contributed by atoms with van der Waals surface area (Å²) in [5.74, 6) is 0.0517. The summed E-state index contributed by atoms with van der Waals surface area (Å²) in [5.41, 5.74) is 1.58. The molecule has 0 radical (unpaired) electrons. The molecule has 2 heterocycles. The van der Waals surface area contributed by atoms with Gasteiger partial charge >= 0.3 is 0 Å². The van der Waals surface area contributed by atoms with E-state index in [1.807, 2.05) is 18.4 Å². The first-order valence-corrected chi connectivity index (χ1v) is 9.41. The molecule has 3 rings (SSSR count). The molecule has 0 aliphatic rings. The van der Waals surface area contributed by atoms with E-state index in [0.717, 1.165) is 22.2 Å². The van der Waals surface area contributed by atoms with E-state index in [1.54, 1.807) is 24.3 Å². The van der Waals surface area contributed by atoms with E-state index in [4.69, 9.17) is 13.9 Å². The second-order valence-electron chi connectivity index (χ2n) is 5.34. The van der Waals surface area contributed by atoms with Gasteiger partial charge in [0.25, 0.3) is 5.22 Å². The van der Waals surface area contributed by atoms with Gasteiger partial charge in [0.2, 0.25) is 5.89 Å². The zero-order valence-corrected chi connectivity index (χ0v) is 16.3. The van der Waals surface area contributed by atoms with Gasteiger partial charge in [-0.1, -0.05) is 0 Å². The van der Waals surface area contributed by atoms with Crippen molar-refractivity contribution in [3.05, 3.63) is 45.0 Å². The lowest BCUT2D eigenvalue weighted by atomic mass is 10.2. The number of rotatable bonds is 7. The van der Waals surface area contributed by atoms with E-state index in [1.165, 1.54) is 25.6 Å². The third-order valence-electron chi connectivity index (χ3n) is 3.57. The average molecular weight is 403 g/mol. The summed E-state index contributed by atoms with van der Waals surface area (Å²) in [6.07, 6.45) is 1.54. The summed E-state index contributed by atoms with van der Waals surface area (Å²) in [6, 6.07) is 7.06. The van der Waals surface area contributed by atoms with Gasteiger partial charge in [0.05, 0.1) is 20.2 Å². The number of thiophene rings is 1. The number of nitrogens with zero attached hydrogens (tertiary/aromatic N) is 2. The number of thioether (sulfide) groups is 1. The highest BCUT2D eigenvalue weighted by atomic mass is 32.2. The van der Waals surface area contributed by atoms with Crippen LogP contribution < -0.4 is 14.6 Å². The minimum absolute atomic E-state index is 0.0148. The van der Waals surface area contributed by atoms with Crippen molar-refractivity contribution in [2.75, 3.05) is 14.2 Å². The van der Waals surface area contributed by atoms with Crippen LogP contribution in [0.25, 0.3) is 17.5 Å². The molecule has 0 saturated heterocycles. The Morgan fingerprint density at radius 2 is 1.93 bits per heavy atom. The first-order valence-electron chi connectivity index (χ1n) is 7.72. The Hall–Kier alpha value is -2.78. The molecule has 0 amide bonds. The molecule has 140 valence electrons. The summed E-state index contributed by atoms with van der Waals surface area (Å²) in [7, 11) is 3.08. The molecule has 0 atom stereocenters. The van der Waals surface area contributed by atoms with Gasteiger partial charge in [0.1, 0.15) is 11.5 Å². The minimum Gasteiger partial charge on any atom is -0.544 e. The molecule has 0 aliphatic heterocycles. The Labute approximate surface area is 163 Å². The van der Waals surface area contributed by atoms with Crippen LogP contribution in [0.15, 0.2) is 44.2 Å². The molecule has 0 bridgehead atoms. The van der Waals surface area contributed by atoms with Gasteiger partial charge < -0.3 is 23.8 Å². The molecule has 0 spiro atoms. The summed E-state index contributed by atoms with van der Waals surface area (Å²) >= 11 is 2.28. The highest BCUT2D eigenvalue weighted by Gasteiger charge is 2.14. The quantitative estimate of drug-likeness (QED) is 0.439. The van der Waals surface area contributed by atoms with Crippen LogP contribution in [-0.4, -0.2) is 30.4 Å². The number of carboxylic acid groups (broad SMARTS) is 1. The van der Waals surface area contributed by atoms with Gasteiger partial charge in [-0.3, -0.25) is 0 Å². The fourth-order valence-corrected chi connectivity index (χ4v) is 3.76. The molecule has 7 nitrogen and oxygen atoms in total. The fourth-order valence-electron chi connectivity index (χ4n) is 2.17. The first kappa shape index (κ1) is 19.0. The Morgan fingerprint density at radius 1 is 1.22 bits per heavy atom. The lowest BCUT2D eigenvalue weighted by Gasteiger charge is -2.06. The fraction of sp³-hybridized carbons (Fsp3) is 0.167. The van der Waals surface area contributed by atoms with Gasteiger partial charge in [0, 0.05) is 21.4 Å². The van der Waals surface area contributed by atoms with Crippen LogP contribution in [0.1, 0.15) is 10.4 Å². The second-order valence-corrected chi connectivity index (χ2v) is 7.28. The normalized spacial score (nSPS) is 11.4. The van der Waals surface area contributed by atoms with E-state index in [9.17, 15) is 9.90 Å². The average Bonchev–Trinajstić information content (AvgIpc) is 3.30. The first-order chi connectivity index (χ1) is 13.0. The summed E-state index contributed by atoms with van der Waals surface area (Å²) in [6.45, 7) is 1.90. The topological polar surface area (TPSA) is 97.5 Å². The summed E-state index contributed by atoms with van der Waals surface area (Å²) < 4.78 is 16.0. The van der Waals surface area contributed by atoms with Crippen molar-refractivity contribution in [2.24, 2.45) is 0 Å². The van der Waals surface area contributed by atoms with Gasteiger partial charge in [-0.15, -0.1) is 21.5 Å². The van der Waals surface area contributed by atoms with Crippen molar-refractivity contribution >= 4 is 35.1 Å². The molecule has 9 heteroatoms. The Morgan fingerprint density at radius 3 is 2.48 bits per heavy atom. The number of benzene rings is 1. The number of aliphatic carboxylic acids is 1. The third-order valence-corrected chi connectivity index (χ3v) is 5.38. The number of carbonyl (C=O) groups is 1. The van der Waals surface area contributed by atoms with Crippen LogP contribution >= 0.6 is 23.1 Å². The molecule has 1 aromatic carbocycles. The van der Waals surface area contributed by atoms with Crippen molar-refractivity contribution in [3.63, 3.8) is 0 Å². The Bertz CT molecular complexity index is 971. The molecule has 0 saturated carbocycles. The minimum atomic E-state index is -1.31. The van der Waals surface area contributed by atoms with E-state index >= 15 is 0 Å². The predicted octanol–water partition coefficient (Wildman–Crippen LogP) is 3.01. The molecular formula is C18H15N2O5S2-. The molecule has 0 fully saturated rings. The molecule has 27 heavy (non-hydrogen) atoms. The van der Waals surface area contributed by atoms with Gasteiger partial charge in [-0.05, 0) is 53.9 Å². The molecule has 0 aliphatic carbocycles. The van der Waals surface area contributed by atoms with Gasteiger partial charge in [-0.2, -0.15) is 0 Å². The van der Waals surface area contributed by atoms with Crippen molar-refractivity contribution < 1.29 is 23.8 Å². The summed E-state index contributed by atoms with van der Waals surface area (Å²) in [4.78, 5) is 12.3. The van der Waals surface area contributed by atoms with Crippen molar-refractivity contribution in [2.45, 2.75) is 12.1 Å². The van der Waals surface area contributed by atoms with Crippen LogP contribution in [0, 0.1) is 6.92 Å². The predicted molar refractivity (Wildman–Crippen MR) is 101 cm³/mol. The SMILES string of the molecule is COc1cc(OC)cc(-c2nnc(S/C(=C\c3sccc3C)C(=O)[O-])o2)c1. The maximum Gasteiger partial charge on any atom is 0.281 e. The number of carbonyl (C=O) groups excluding carboxylic acids is 1. The largest absolute Gasteiger partial charge is 0.544 e. The lowest BCUT2D eigenvalue weighted by molar-refractivity contribution is -0.298. The standard InChI is InChI=1S/C18H16N2O5S2/c1-10-4-5-26-14(10)9-15(17(21)22)27-18-20-19-16(25-18)11-6-12(23-2)8-13(7-11)24-3/h4-9H,1-3H3,(H,21,22)/p-1/b15-9-. The van der Waals surface area contributed by atoms with Crippen LogP contribution in [-0.2, 0) is 4.79 Å². The maximum absolute atomic E-state index is 11.5. The molecule has 0 N–H and O–H groups in total. The van der Waals surface area contributed by atoms with Crippen molar-refractivity contribution in [1.82, 2.24) is 10.2 Å². The zero-order chi connectivity index (χ0) is 19.4. The van der Waals surface area contributed by atoms with E-state index in [0.29, 0.717) is 17.1 Å². The van der Waals surface area contributed by atoms with E-state index in [-0.39, 0.29) is 16.0 Å². The number of methoxy groups -OCH3 is 2. The molecular weight excluding hydrogens is 388 g/mol. The highest BCUT2D eigenvalue weighted by molar-refractivity contribution is 8.03. The van der Waals surface area contributed by atoms with E-state index < -0.39 is 5.97 Å². The monoisotopic (exact) mass is 403 g/mol. The number of carboxylic acids is 1. The van der Waals surface area contributed by atoms with Crippen LogP contribution in [0.4, 0.5) is 0 Å². The zero-order valence-electron chi connectivity index (χ0n) is 14.7. The smallest absolute Gasteiger partial charge is 0.281 e. The van der Waals surface area contributed by atoms with E-state index in [2.05, 4.69) is 10.2 Å². The van der Waals surface area contributed by atoms with Crippen LogP contribution in [0.3, 0.4) is 0 Å². The number of aryl methyl sites for hydroxylation is 1. The van der Waals surface area contributed by atoms with Crippen LogP contribution in [0.2, 0.25) is 0 Å². The highest BCUT2D eigenvalue weighted by Crippen LogP contribution is 2.33. The van der Waals surface area contributed by atoms with Gasteiger partial charge in [-0.25, -0.2) is 0 Å². The Balaban J connectivity index is 1.88. The van der Waals surface area contributed by atoms with Gasteiger partial charge in [0.15, 0.2) is 0 Å². The molecule has 3 aromatic rings. The number of aromatic nitrogens is 2. The van der Waals surface area contributed by atoms with Crippen molar-refractivity contribution in [1.29, 1.82) is 0 Å². The molecule has 0 unspecified atom stereocenters. The number of hydrogen-bond donors (Lipinski definition) is 0. The molecule has 2 aromatic heterocycles. The Kier molecular flexibility index (Phi) is 5.82. The summed E-state index contributed by atoms with van der Waals surface area (Å²) in [5, 5.41) is 21.3. The van der Waals surface area contributed by atoms with Crippen LogP contribution in [0.5, 0.6) is 11.5 Å². The second kappa shape index (κ2) is 8.28. The maximum atomic E-state index is 11.5.